The Kier molecular flexibility index (Phi) is 4.06. The minimum atomic E-state index is -0.307. The largest absolute Gasteiger partial charge is 0.450 e. The third-order valence-electron chi connectivity index (χ3n) is 2.08. The first-order valence-corrected chi connectivity index (χ1v) is 4.99. The Morgan fingerprint density at radius 3 is 2.14 bits per heavy atom. The van der Waals surface area contributed by atoms with Gasteiger partial charge < -0.3 is 14.5 Å². The molecule has 1 aliphatic heterocycles. The number of ether oxygens (including phenoxy) is 1. The van der Waals surface area contributed by atoms with Gasteiger partial charge in [0, 0.05) is 26.2 Å². The van der Waals surface area contributed by atoms with Crippen LogP contribution >= 0.6 is 12.6 Å². The molecule has 0 aromatic carbocycles. The molecule has 0 spiro atoms. The number of carbonyl (C=O) groups is 2. The summed E-state index contributed by atoms with van der Waals surface area (Å²) in [4.78, 5) is 25.3. The molecule has 2 amide bonds. The number of carbonyl (C=O) groups excluding carboxylic acids is 2. The lowest BCUT2D eigenvalue weighted by Crippen LogP contribution is -2.49. The van der Waals surface area contributed by atoms with E-state index < -0.39 is 0 Å². The monoisotopic (exact) mass is 218 g/mol. The van der Waals surface area contributed by atoms with E-state index in [1.165, 1.54) is 0 Å². The number of hydrogen-bond donors (Lipinski definition) is 1. The second-order valence-corrected chi connectivity index (χ2v) is 3.34. The van der Waals surface area contributed by atoms with Gasteiger partial charge in [0.25, 0.3) is 5.24 Å². The number of piperazine rings is 1. The van der Waals surface area contributed by atoms with Crippen LogP contribution in [0, 0.1) is 0 Å². The van der Waals surface area contributed by atoms with Gasteiger partial charge in [-0.25, -0.2) is 4.79 Å². The maximum atomic E-state index is 11.3. The van der Waals surface area contributed by atoms with Gasteiger partial charge in [-0.15, -0.1) is 0 Å². The van der Waals surface area contributed by atoms with Crippen LogP contribution in [0.15, 0.2) is 0 Å². The van der Waals surface area contributed by atoms with Crippen LogP contribution in [0.4, 0.5) is 9.59 Å². The van der Waals surface area contributed by atoms with E-state index in [1.807, 2.05) is 0 Å². The Labute approximate surface area is 88.4 Å². The number of rotatable bonds is 1. The first kappa shape index (κ1) is 11.2. The van der Waals surface area contributed by atoms with Crippen molar-refractivity contribution in [2.75, 3.05) is 32.8 Å². The quantitative estimate of drug-likeness (QED) is 0.663. The SMILES string of the molecule is CCOC(=O)N1CCN(C(=O)S)CC1. The molecule has 14 heavy (non-hydrogen) atoms. The third kappa shape index (κ3) is 2.80. The van der Waals surface area contributed by atoms with Crippen molar-refractivity contribution in [3.05, 3.63) is 0 Å². The predicted octanol–water partition coefficient (Wildman–Crippen LogP) is 0.810. The molecular formula is C8H14N2O3S. The summed E-state index contributed by atoms with van der Waals surface area (Å²) in [5, 5.41) is -0.242. The maximum absolute atomic E-state index is 11.3. The highest BCUT2D eigenvalue weighted by Crippen LogP contribution is 2.05. The zero-order valence-corrected chi connectivity index (χ0v) is 9.00. The standard InChI is InChI=1S/C8H14N2O3S/c1-2-13-7(11)9-3-5-10(6-4-9)8(12)14/h2-6H2,1H3,(H,12,14). The second kappa shape index (κ2) is 5.09. The van der Waals surface area contributed by atoms with Crippen LogP contribution in [0.3, 0.4) is 0 Å². The summed E-state index contributed by atoms with van der Waals surface area (Å²) in [6.07, 6.45) is -0.307. The highest BCUT2D eigenvalue weighted by atomic mass is 32.1. The Balaban J connectivity index is 2.35. The second-order valence-electron chi connectivity index (χ2n) is 2.96. The van der Waals surface area contributed by atoms with Crippen LogP contribution in [0.25, 0.3) is 0 Å². The molecule has 0 saturated carbocycles. The van der Waals surface area contributed by atoms with E-state index in [2.05, 4.69) is 12.6 Å². The van der Waals surface area contributed by atoms with Crippen molar-refractivity contribution in [3.8, 4) is 0 Å². The fraction of sp³-hybridized carbons (Fsp3) is 0.750. The predicted molar refractivity (Wildman–Crippen MR) is 54.6 cm³/mol. The molecule has 6 heteroatoms. The molecular weight excluding hydrogens is 204 g/mol. The van der Waals surface area contributed by atoms with Gasteiger partial charge in [-0.2, -0.15) is 0 Å². The molecule has 0 aromatic heterocycles. The third-order valence-corrected chi connectivity index (χ3v) is 2.36. The van der Waals surface area contributed by atoms with Crippen LogP contribution in [-0.4, -0.2) is 53.9 Å². The number of amides is 2. The fourth-order valence-electron chi connectivity index (χ4n) is 1.30. The van der Waals surface area contributed by atoms with Crippen molar-refractivity contribution < 1.29 is 14.3 Å². The summed E-state index contributed by atoms with van der Waals surface area (Å²) in [5.41, 5.74) is 0. The van der Waals surface area contributed by atoms with E-state index in [-0.39, 0.29) is 11.3 Å². The molecule has 0 atom stereocenters. The molecule has 0 aliphatic carbocycles. The van der Waals surface area contributed by atoms with Gasteiger partial charge in [-0.3, -0.25) is 4.79 Å². The lowest BCUT2D eigenvalue weighted by atomic mass is 10.3. The normalized spacial score (nSPS) is 16.7. The Hall–Kier alpha value is -0.910. The van der Waals surface area contributed by atoms with Crippen molar-refractivity contribution in [1.82, 2.24) is 9.80 Å². The summed E-state index contributed by atoms with van der Waals surface area (Å²) >= 11 is 3.72. The average Bonchev–Trinajstić information content (AvgIpc) is 2.18. The van der Waals surface area contributed by atoms with Crippen molar-refractivity contribution in [2.24, 2.45) is 0 Å². The van der Waals surface area contributed by atoms with E-state index >= 15 is 0 Å². The van der Waals surface area contributed by atoms with Crippen molar-refractivity contribution in [2.45, 2.75) is 6.92 Å². The number of hydrogen-bond acceptors (Lipinski definition) is 3. The molecule has 0 unspecified atom stereocenters. The van der Waals surface area contributed by atoms with Gasteiger partial charge in [0.15, 0.2) is 0 Å². The zero-order valence-electron chi connectivity index (χ0n) is 8.10. The molecule has 1 aliphatic rings. The summed E-state index contributed by atoms with van der Waals surface area (Å²) in [6.45, 7) is 4.24. The van der Waals surface area contributed by atoms with E-state index in [9.17, 15) is 9.59 Å². The van der Waals surface area contributed by atoms with Crippen LogP contribution in [-0.2, 0) is 4.74 Å². The Morgan fingerprint density at radius 2 is 1.71 bits per heavy atom. The van der Waals surface area contributed by atoms with Crippen molar-refractivity contribution >= 4 is 24.0 Å². The summed E-state index contributed by atoms with van der Waals surface area (Å²) in [6, 6.07) is 0. The molecule has 80 valence electrons. The lowest BCUT2D eigenvalue weighted by Gasteiger charge is -2.32. The van der Waals surface area contributed by atoms with Gasteiger partial charge in [0.1, 0.15) is 0 Å². The molecule has 0 N–H and O–H groups in total. The highest BCUT2D eigenvalue weighted by Gasteiger charge is 2.23. The molecule has 1 rings (SSSR count). The molecule has 0 aromatic rings. The Morgan fingerprint density at radius 1 is 1.21 bits per heavy atom. The molecule has 0 bridgehead atoms. The van der Waals surface area contributed by atoms with Gasteiger partial charge in [0.05, 0.1) is 6.61 Å². The average molecular weight is 218 g/mol. The molecule has 1 heterocycles. The number of thiol groups is 1. The molecule has 1 fully saturated rings. The van der Waals surface area contributed by atoms with Crippen LogP contribution < -0.4 is 0 Å². The van der Waals surface area contributed by atoms with Gasteiger partial charge >= 0.3 is 6.09 Å². The minimum absolute atomic E-state index is 0.242. The lowest BCUT2D eigenvalue weighted by molar-refractivity contribution is 0.0882. The highest BCUT2D eigenvalue weighted by molar-refractivity contribution is 7.96. The van der Waals surface area contributed by atoms with Crippen molar-refractivity contribution in [1.29, 1.82) is 0 Å². The number of nitrogens with zero attached hydrogens (tertiary/aromatic N) is 2. The maximum Gasteiger partial charge on any atom is 0.409 e. The van der Waals surface area contributed by atoms with Crippen molar-refractivity contribution in [3.63, 3.8) is 0 Å². The van der Waals surface area contributed by atoms with E-state index in [1.54, 1.807) is 16.7 Å². The fourth-order valence-corrected chi connectivity index (χ4v) is 1.50. The topological polar surface area (TPSA) is 49.9 Å². The molecule has 1 saturated heterocycles. The van der Waals surface area contributed by atoms with E-state index in [4.69, 9.17) is 4.74 Å². The van der Waals surface area contributed by atoms with Crippen LogP contribution in [0.2, 0.25) is 0 Å². The van der Waals surface area contributed by atoms with E-state index in [0.717, 1.165) is 0 Å². The minimum Gasteiger partial charge on any atom is -0.450 e. The first-order chi connectivity index (χ1) is 6.65. The summed E-state index contributed by atoms with van der Waals surface area (Å²) < 4.78 is 4.84. The van der Waals surface area contributed by atoms with Gasteiger partial charge in [-0.05, 0) is 6.92 Å². The smallest absolute Gasteiger partial charge is 0.409 e. The van der Waals surface area contributed by atoms with E-state index in [0.29, 0.717) is 32.8 Å². The van der Waals surface area contributed by atoms with Gasteiger partial charge in [0.2, 0.25) is 0 Å². The first-order valence-electron chi connectivity index (χ1n) is 4.54. The summed E-state index contributed by atoms with van der Waals surface area (Å²) in [7, 11) is 0. The van der Waals surface area contributed by atoms with Gasteiger partial charge in [-0.1, -0.05) is 12.6 Å². The summed E-state index contributed by atoms with van der Waals surface area (Å²) in [5.74, 6) is 0. The van der Waals surface area contributed by atoms with Crippen LogP contribution in [0.1, 0.15) is 6.92 Å². The Bertz CT molecular complexity index is 227. The van der Waals surface area contributed by atoms with Crippen LogP contribution in [0.5, 0.6) is 0 Å². The zero-order chi connectivity index (χ0) is 10.6. The molecule has 0 radical (unpaired) electrons. The molecule has 5 nitrogen and oxygen atoms in total.